The zero-order chi connectivity index (χ0) is 11.6. The Labute approximate surface area is 97.5 Å². The molecule has 0 aromatic carbocycles. The number of nitrogens with zero attached hydrogens (tertiary/aromatic N) is 3. The highest BCUT2D eigenvalue weighted by atomic mass is 15.3. The molecular formula is C12H22N4. The molecule has 1 aliphatic heterocycles. The Hall–Kier alpha value is -0.900. The molecule has 1 aliphatic rings. The predicted octanol–water partition coefficient (Wildman–Crippen LogP) is 1.58. The highest BCUT2D eigenvalue weighted by Crippen LogP contribution is 2.32. The van der Waals surface area contributed by atoms with Crippen LogP contribution < -0.4 is 5.32 Å². The van der Waals surface area contributed by atoms with Crippen LogP contribution in [0.15, 0.2) is 6.33 Å². The first-order valence-corrected chi connectivity index (χ1v) is 6.27. The minimum absolute atomic E-state index is 0.214. The van der Waals surface area contributed by atoms with Crippen molar-refractivity contribution < 1.29 is 0 Å². The maximum atomic E-state index is 4.37. The van der Waals surface area contributed by atoms with Gasteiger partial charge in [-0.25, -0.2) is 0 Å². The van der Waals surface area contributed by atoms with E-state index in [1.807, 2.05) is 6.33 Å². The summed E-state index contributed by atoms with van der Waals surface area (Å²) in [4.78, 5) is 0. The average molecular weight is 222 g/mol. The van der Waals surface area contributed by atoms with Gasteiger partial charge in [0.2, 0.25) is 0 Å². The van der Waals surface area contributed by atoms with Crippen LogP contribution in [0.3, 0.4) is 0 Å². The van der Waals surface area contributed by atoms with E-state index in [9.17, 15) is 0 Å². The molecule has 1 unspecified atom stereocenters. The monoisotopic (exact) mass is 222 g/mol. The molecule has 0 spiro atoms. The third kappa shape index (κ3) is 1.98. The zero-order valence-electron chi connectivity index (χ0n) is 10.5. The van der Waals surface area contributed by atoms with Gasteiger partial charge in [0.1, 0.15) is 12.2 Å². The van der Waals surface area contributed by atoms with Crippen molar-refractivity contribution in [2.45, 2.75) is 45.6 Å². The van der Waals surface area contributed by atoms with E-state index in [2.05, 4.69) is 40.9 Å². The van der Waals surface area contributed by atoms with E-state index in [1.54, 1.807) is 0 Å². The van der Waals surface area contributed by atoms with Crippen LogP contribution in [0, 0.1) is 5.92 Å². The molecule has 0 bridgehead atoms. The van der Waals surface area contributed by atoms with E-state index >= 15 is 0 Å². The molecule has 1 aromatic heterocycles. The van der Waals surface area contributed by atoms with Crippen molar-refractivity contribution in [3.63, 3.8) is 0 Å². The summed E-state index contributed by atoms with van der Waals surface area (Å²) in [7, 11) is 0. The Kier molecular flexibility index (Phi) is 3.28. The molecule has 0 amide bonds. The van der Waals surface area contributed by atoms with Gasteiger partial charge in [-0.1, -0.05) is 20.8 Å². The van der Waals surface area contributed by atoms with E-state index in [4.69, 9.17) is 0 Å². The fourth-order valence-corrected chi connectivity index (χ4v) is 2.59. The molecule has 1 N–H and O–H groups in total. The molecular weight excluding hydrogens is 200 g/mol. The Balaban J connectivity index is 2.27. The molecule has 1 atom stereocenters. The number of hydrogen-bond donors (Lipinski definition) is 1. The van der Waals surface area contributed by atoms with Gasteiger partial charge < -0.3 is 9.88 Å². The summed E-state index contributed by atoms with van der Waals surface area (Å²) >= 11 is 0. The fraction of sp³-hybridized carbons (Fsp3) is 0.833. The third-order valence-electron chi connectivity index (χ3n) is 3.57. The van der Waals surface area contributed by atoms with Gasteiger partial charge in [0.25, 0.3) is 0 Å². The van der Waals surface area contributed by atoms with Gasteiger partial charge in [-0.15, -0.1) is 10.2 Å². The molecule has 1 fully saturated rings. The molecule has 1 aromatic rings. The number of aromatic nitrogens is 3. The van der Waals surface area contributed by atoms with E-state index in [-0.39, 0.29) is 5.41 Å². The lowest BCUT2D eigenvalue weighted by atomic mass is 9.83. The van der Waals surface area contributed by atoms with Gasteiger partial charge in [-0.05, 0) is 25.3 Å². The summed E-state index contributed by atoms with van der Waals surface area (Å²) in [6, 6.07) is 0. The molecule has 0 radical (unpaired) electrons. The summed E-state index contributed by atoms with van der Waals surface area (Å²) in [6.07, 6.45) is 4.20. The van der Waals surface area contributed by atoms with Crippen LogP contribution in [0.5, 0.6) is 0 Å². The van der Waals surface area contributed by atoms with Gasteiger partial charge in [0, 0.05) is 18.5 Å². The minimum atomic E-state index is 0.214. The van der Waals surface area contributed by atoms with Gasteiger partial charge >= 0.3 is 0 Å². The zero-order valence-corrected chi connectivity index (χ0v) is 10.5. The lowest BCUT2D eigenvalue weighted by Gasteiger charge is -2.26. The molecule has 90 valence electrons. The first-order valence-electron chi connectivity index (χ1n) is 6.27. The summed E-state index contributed by atoms with van der Waals surface area (Å²) in [5.74, 6) is 1.81. The van der Waals surface area contributed by atoms with Crippen molar-refractivity contribution in [2.75, 3.05) is 13.1 Å². The highest BCUT2D eigenvalue weighted by Gasteiger charge is 2.38. The number of nitrogens with one attached hydrogen (secondary N) is 1. The molecule has 16 heavy (non-hydrogen) atoms. The maximum absolute atomic E-state index is 4.37. The summed E-state index contributed by atoms with van der Waals surface area (Å²) in [5, 5.41) is 11.9. The van der Waals surface area contributed by atoms with Crippen molar-refractivity contribution in [3.05, 3.63) is 12.2 Å². The van der Waals surface area contributed by atoms with Crippen LogP contribution in [0.4, 0.5) is 0 Å². The normalized spacial score (nSPS) is 25.5. The topological polar surface area (TPSA) is 42.7 Å². The Bertz CT molecular complexity index is 337. The van der Waals surface area contributed by atoms with Gasteiger partial charge in [-0.3, -0.25) is 0 Å². The molecule has 0 saturated carbocycles. The Morgan fingerprint density at radius 1 is 1.56 bits per heavy atom. The highest BCUT2D eigenvalue weighted by molar-refractivity contribution is 5.12. The second-order valence-electron chi connectivity index (χ2n) is 5.26. The van der Waals surface area contributed by atoms with Gasteiger partial charge in [-0.2, -0.15) is 0 Å². The largest absolute Gasteiger partial charge is 0.317 e. The molecule has 2 heterocycles. The van der Waals surface area contributed by atoms with E-state index in [0.29, 0.717) is 5.92 Å². The van der Waals surface area contributed by atoms with Crippen molar-refractivity contribution in [2.24, 2.45) is 5.92 Å². The van der Waals surface area contributed by atoms with Crippen LogP contribution in [0.1, 0.15) is 39.4 Å². The fourth-order valence-electron chi connectivity index (χ4n) is 2.59. The minimum Gasteiger partial charge on any atom is -0.317 e. The summed E-state index contributed by atoms with van der Waals surface area (Å²) in [5.41, 5.74) is 0.214. The Morgan fingerprint density at radius 2 is 2.38 bits per heavy atom. The molecule has 4 nitrogen and oxygen atoms in total. The quantitative estimate of drug-likeness (QED) is 0.841. The van der Waals surface area contributed by atoms with E-state index in [1.165, 1.54) is 12.2 Å². The standard InChI is InChI=1S/C12H22N4/c1-4-12(5-6-13-8-12)11-15-14-9-16(11)7-10(2)3/h9-10,13H,4-8H2,1-3H3. The smallest absolute Gasteiger partial charge is 0.140 e. The third-order valence-corrected chi connectivity index (χ3v) is 3.57. The van der Waals surface area contributed by atoms with Gasteiger partial charge in [0.15, 0.2) is 0 Å². The average Bonchev–Trinajstić information content (AvgIpc) is 2.85. The molecule has 2 rings (SSSR count). The SMILES string of the molecule is CCC1(c2nncn2CC(C)C)CCNC1. The van der Waals surface area contributed by atoms with Crippen molar-refractivity contribution >= 4 is 0 Å². The van der Waals surface area contributed by atoms with Crippen LogP contribution >= 0.6 is 0 Å². The first-order chi connectivity index (χ1) is 7.68. The van der Waals surface area contributed by atoms with Gasteiger partial charge in [0.05, 0.1) is 0 Å². The van der Waals surface area contributed by atoms with Crippen molar-refractivity contribution in [1.29, 1.82) is 0 Å². The Morgan fingerprint density at radius 3 is 2.94 bits per heavy atom. The van der Waals surface area contributed by atoms with Crippen LogP contribution in [-0.4, -0.2) is 27.9 Å². The van der Waals surface area contributed by atoms with Crippen molar-refractivity contribution in [1.82, 2.24) is 20.1 Å². The molecule has 0 aliphatic carbocycles. The van der Waals surface area contributed by atoms with Crippen LogP contribution in [0.25, 0.3) is 0 Å². The second kappa shape index (κ2) is 4.53. The lowest BCUT2D eigenvalue weighted by Crippen LogP contribution is -2.32. The van der Waals surface area contributed by atoms with E-state index < -0.39 is 0 Å². The molecule has 4 heteroatoms. The number of hydrogen-bond acceptors (Lipinski definition) is 3. The van der Waals surface area contributed by atoms with Crippen molar-refractivity contribution in [3.8, 4) is 0 Å². The maximum Gasteiger partial charge on any atom is 0.140 e. The number of rotatable bonds is 4. The molecule has 1 saturated heterocycles. The van der Waals surface area contributed by atoms with E-state index in [0.717, 1.165) is 26.1 Å². The first kappa shape index (κ1) is 11.6. The summed E-state index contributed by atoms with van der Waals surface area (Å²) < 4.78 is 2.24. The lowest BCUT2D eigenvalue weighted by molar-refractivity contribution is 0.386. The second-order valence-corrected chi connectivity index (χ2v) is 5.26. The summed E-state index contributed by atoms with van der Waals surface area (Å²) in [6.45, 7) is 9.87. The van der Waals surface area contributed by atoms with Crippen LogP contribution in [0.2, 0.25) is 0 Å². The van der Waals surface area contributed by atoms with Crippen LogP contribution in [-0.2, 0) is 12.0 Å². The predicted molar refractivity (Wildman–Crippen MR) is 64.3 cm³/mol.